The Hall–Kier alpha value is -3.42. The molecule has 29 heavy (non-hydrogen) atoms. The third-order valence-corrected chi connectivity index (χ3v) is 4.75. The Morgan fingerprint density at radius 1 is 1.38 bits per heavy atom. The zero-order valence-electron chi connectivity index (χ0n) is 15.3. The van der Waals surface area contributed by atoms with Crippen molar-refractivity contribution in [1.82, 2.24) is 20.1 Å². The number of Topliss-reactive ketones (excluding diaryl/α,β-unsaturated/α-hetero) is 1. The van der Waals surface area contributed by atoms with E-state index in [-0.39, 0.29) is 19.0 Å². The number of methoxy groups -OCH3 is 1. The average molecular weight is 413 g/mol. The highest BCUT2D eigenvalue weighted by Crippen LogP contribution is 2.26. The van der Waals surface area contributed by atoms with Gasteiger partial charge in [0.05, 0.1) is 23.2 Å². The Kier molecular flexibility index (Phi) is 6.43. The number of hydrogen-bond donors (Lipinski definition) is 1. The number of ketones is 1. The fourth-order valence-corrected chi connectivity index (χ4v) is 3.21. The largest absolute Gasteiger partial charge is 0.383 e. The van der Waals surface area contributed by atoms with Gasteiger partial charge in [0.25, 0.3) is 0 Å². The van der Waals surface area contributed by atoms with E-state index >= 15 is 0 Å². The van der Waals surface area contributed by atoms with Crippen molar-refractivity contribution in [2.75, 3.05) is 20.3 Å². The van der Waals surface area contributed by atoms with E-state index in [1.165, 1.54) is 41.3 Å². The van der Waals surface area contributed by atoms with Crippen LogP contribution in [0.15, 0.2) is 41.8 Å². The molecular weight excluding hydrogens is 397 g/mol. The van der Waals surface area contributed by atoms with Gasteiger partial charge in [-0.25, -0.2) is 14.1 Å². The Balaban J connectivity index is 1.97. The SMILES string of the molecule is COCCNC(=O)C(C#N)C(=O)c1nc(-c2cccs2)n(-c2cccc(F)c2)n1. The summed E-state index contributed by atoms with van der Waals surface area (Å²) in [6.45, 7) is 0.402. The molecule has 2 heterocycles. The highest BCUT2D eigenvalue weighted by Gasteiger charge is 2.31. The number of ether oxygens (including phenoxy) is 1. The van der Waals surface area contributed by atoms with Gasteiger partial charge in [0, 0.05) is 13.7 Å². The number of nitrogens with zero attached hydrogens (tertiary/aromatic N) is 4. The van der Waals surface area contributed by atoms with Gasteiger partial charge in [0.15, 0.2) is 11.7 Å². The van der Waals surface area contributed by atoms with Gasteiger partial charge in [0.2, 0.25) is 17.5 Å². The van der Waals surface area contributed by atoms with Gasteiger partial charge in [-0.3, -0.25) is 9.59 Å². The van der Waals surface area contributed by atoms with Gasteiger partial charge in [-0.1, -0.05) is 12.1 Å². The molecule has 148 valence electrons. The highest BCUT2D eigenvalue weighted by atomic mass is 32.1. The maximum atomic E-state index is 13.7. The molecule has 1 aromatic carbocycles. The van der Waals surface area contributed by atoms with Crippen LogP contribution in [-0.2, 0) is 9.53 Å². The van der Waals surface area contributed by atoms with Crippen molar-refractivity contribution >= 4 is 23.0 Å². The van der Waals surface area contributed by atoms with Crippen molar-refractivity contribution in [3.8, 4) is 22.5 Å². The van der Waals surface area contributed by atoms with Gasteiger partial charge in [-0.2, -0.15) is 5.26 Å². The molecule has 3 aromatic rings. The summed E-state index contributed by atoms with van der Waals surface area (Å²) in [6.07, 6.45) is 0. The summed E-state index contributed by atoms with van der Waals surface area (Å²) in [4.78, 5) is 29.9. The summed E-state index contributed by atoms with van der Waals surface area (Å²) in [5, 5.41) is 17.8. The van der Waals surface area contributed by atoms with Crippen LogP contribution in [0.4, 0.5) is 4.39 Å². The number of nitrogens with one attached hydrogen (secondary N) is 1. The molecule has 1 atom stereocenters. The monoisotopic (exact) mass is 413 g/mol. The number of aromatic nitrogens is 3. The molecule has 10 heteroatoms. The smallest absolute Gasteiger partial charge is 0.245 e. The van der Waals surface area contributed by atoms with E-state index in [2.05, 4.69) is 15.4 Å². The van der Waals surface area contributed by atoms with Crippen LogP contribution in [0.25, 0.3) is 16.4 Å². The lowest BCUT2D eigenvalue weighted by atomic mass is 10.0. The summed E-state index contributed by atoms with van der Waals surface area (Å²) in [5.74, 6) is -3.66. The van der Waals surface area contributed by atoms with Gasteiger partial charge < -0.3 is 10.1 Å². The fraction of sp³-hybridized carbons (Fsp3) is 0.211. The van der Waals surface area contributed by atoms with Crippen LogP contribution in [0.1, 0.15) is 10.6 Å². The lowest BCUT2D eigenvalue weighted by Crippen LogP contribution is -2.36. The molecule has 1 N–H and O–H groups in total. The predicted octanol–water partition coefficient (Wildman–Crippen LogP) is 2.22. The minimum absolute atomic E-state index is 0.159. The number of carbonyl (C=O) groups excluding carboxylic acids is 2. The molecule has 0 saturated carbocycles. The van der Waals surface area contributed by atoms with Gasteiger partial charge in [-0.15, -0.1) is 16.4 Å². The van der Waals surface area contributed by atoms with E-state index < -0.39 is 23.4 Å². The second-order valence-corrected chi connectivity index (χ2v) is 6.79. The minimum Gasteiger partial charge on any atom is -0.383 e. The first-order valence-corrected chi connectivity index (χ1v) is 9.40. The fourth-order valence-electron chi connectivity index (χ4n) is 2.51. The van der Waals surface area contributed by atoms with Crippen molar-refractivity contribution in [2.45, 2.75) is 0 Å². The van der Waals surface area contributed by atoms with Crippen LogP contribution in [0.2, 0.25) is 0 Å². The molecule has 0 saturated heterocycles. The van der Waals surface area contributed by atoms with Crippen LogP contribution in [0, 0.1) is 23.1 Å². The predicted molar refractivity (Wildman–Crippen MR) is 103 cm³/mol. The maximum Gasteiger partial charge on any atom is 0.245 e. The second kappa shape index (κ2) is 9.18. The normalized spacial score (nSPS) is 11.6. The van der Waals surface area contributed by atoms with E-state index in [0.717, 1.165) is 0 Å². The molecule has 3 rings (SSSR count). The average Bonchev–Trinajstić information content (AvgIpc) is 3.38. The summed E-state index contributed by atoms with van der Waals surface area (Å²) in [6, 6.07) is 10.9. The second-order valence-electron chi connectivity index (χ2n) is 5.84. The van der Waals surface area contributed by atoms with E-state index in [1.54, 1.807) is 24.3 Å². The van der Waals surface area contributed by atoms with Gasteiger partial charge >= 0.3 is 0 Å². The zero-order valence-corrected chi connectivity index (χ0v) is 16.1. The third-order valence-electron chi connectivity index (χ3n) is 3.88. The van der Waals surface area contributed by atoms with Gasteiger partial charge in [0.1, 0.15) is 5.82 Å². The Bertz CT molecular complexity index is 1060. The van der Waals surface area contributed by atoms with E-state index in [1.807, 2.05) is 5.38 Å². The molecule has 0 spiro atoms. The van der Waals surface area contributed by atoms with Crippen molar-refractivity contribution in [2.24, 2.45) is 5.92 Å². The summed E-state index contributed by atoms with van der Waals surface area (Å²) in [5.41, 5.74) is 0.359. The molecule has 0 aliphatic heterocycles. The topological polar surface area (TPSA) is 110 Å². The molecule has 0 aliphatic rings. The van der Waals surface area contributed by atoms with Gasteiger partial charge in [-0.05, 0) is 29.6 Å². The zero-order chi connectivity index (χ0) is 20.8. The van der Waals surface area contributed by atoms with Crippen molar-refractivity contribution in [3.05, 3.63) is 53.4 Å². The van der Waals surface area contributed by atoms with Crippen LogP contribution >= 0.6 is 11.3 Å². The summed E-state index contributed by atoms with van der Waals surface area (Å²) in [7, 11) is 1.47. The number of hydrogen-bond acceptors (Lipinski definition) is 7. The lowest BCUT2D eigenvalue weighted by Gasteiger charge is -2.07. The number of rotatable bonds is 8. The summed E-state index contributed by atoms with van der Waals surface area (Å²) >= 11 is 1.36. The molecule has 1 amide bonds. The third kappa shape index (κ3) is 4.53. The van der Waals surface area contributed by atoms with Crippen LogP contribution in [-0.4, -0.2) is 46.7 Å². The highest BCUT2D eigenvalue weighted by molar-refractivity contribution is 7.13. The molecule has 8 nitrogen and oxygen atoms in total. The molecule has 2 aromatic heterocycles. The number of benzene rings is 1. The maximum absolute atomic E-state index is 13.7. The van der Waals surface area contributed by atoms with E-state index in [4.69, 9.17) is 4.74 Å². The summed E-state index contributed by atoms with van der Waals surface area (Å²) < 4.78 is 19.8. The number of halogens is 1. The van der Waals surface area contributed by atoms with Crippen molar-refractivity contribution in [3.63, 3.8) is 0 Å². The first-order chi connectivity index (χ1) is 14.0. The Labute approximate surface area is 169 Å². The molecule has 0 radical (unpaired) electrons. The number of nitriles is 1. The Morgan fingerprint density at radius 2 is 2.21 bits per heavy atom. The van der Waals surface area contributed by atoms with Crippen molar-refractivity contribution in [1.29, 1.82) is 5.26 Å². The first-order valence-electron chi connectivity index (χ1n) is 8.52. The molecule has 1 unspecified atom stereocenters. The number of carbonyl (C=O) groups is 2. The molecule has 0 bridgehead atoms. The lowest BCUT2D eigenvalue weighted by molar-refractivity contribution is -0.122. The number of thiophene rings is 1. The van der Waals surface area contributed by atoms with E-state index in [0.29, 0.717) is 16.4 Å². The standard InChI is InChI=1S/C19H16FN5O3S/c1-28-8-7-22-19(27)14(11-21)16(26)17-23-18(15-6-3-9-29-15)25(24-17)13-5-2-4-12(20)10-13/h2-6,9-10,14H,7-8H2,1H3,(H,22,27). The van der Waals surface area contributed by atoms with E-state index in [9.17, 15) is 19.2 Å². The Morgan fingerprint density at radius 3 is 2.86 bits per heavy atom. The van der Waals surface area contributed by atoms with Crippen LogP contribution in [0.3, 0.4) is 0 Å². The van der Waals surface area contributed by atoms with Crippen molar-refractivity contribution < 1.29 is 18.7 Å². The first kappa shape index (κ1) is 20.3. The molecule has 0 fully saturated rings. The van der Waals surface area contributed by atoms with Crippen LogP contribution in [0.5, 0.6) is 0 Å². The minimum atomic E-state index is -1.61. The quantitative estimate of drug-likeness (QED) is 0.344. The molecule has 0 aliphatic carbocycles. The molecular formula is C19H16FN5O3S. The van der Waals surface area contributed by atoms with Crippen LogP contribution < -0.4 is 5.32 Å². The number of amides is 1.